The number of halogens is 3. The largest absolute Gasteiger partial charge is 0.425 e. The topological polar surface area (TPSA) is 66.5 Å². The van der Waals surface area contributed by atoms with Gasteiger partial charge in [-0.25, -0.2) is 0 Å². The number of allylic oxidation sites excluding steroid dienone is 1. The second-order valence-electron chi connectivity index (χ2n) is 6.79. The number of benzene rings is 1. The lowest BCUT2D eigenvalue weighted by molar-refractivity contribution is -0.194. The molecular formula is C20H23F3N2O3. The Morgan fingerprint density at radius 3 is 2.29 bits per heavy atom. The molecule has 1 aromatic rings. The Labute approximate surface area is 161 Å². The van der Waals surface area contributed by atoms with Crippen molar-refractivity contribution in [3.05, 3.63) is 47.2 Å². The SMILES string of the molecule is CCCCC(=O)NC1(C(F)(F)F)C(=O)N(Cc2ccccc2)C(C)=C1C(C)=O. The lowest BCUT2D eigenvalue weighted by atomic mass is 9.86. The van der Waals surface area contributed by atoms with Gasteiger partial charge in [-0.05, 0) is 25.8 Å². The normalized spacial score (nSPS) is 19.9. The van der Waals surface area contributed by atoms with E-state index in [-0.39, 0.29) is 18.7 Å². The first-order valence-corrected chi connectivity index (χ1v) is 9.02. The van der Waals surface area contributed by atoms with Gasteiger partial charge in [0.15, 0.2) is 5.78 Å². The minimum absolute atomic E-state index is 0.102. The van der Waals surface area contributed by atoms with E-state index in [1.54, 1.807) is 37.3 Å². The highest BCUT2D eigenvalue weighted by atomic mass is 19.4. The van der Waals surface area contributed by atoms with E-state index in [1.165, 1.54) is 6.92 Å². The van der Waals surface area contributed by atoms with E-state index >= 15 is 0 Å². The van der Waals surface area contributed by atoms with E-state index in [0.29, 0.717) is 18.4 Å². The van der Waals surface area contributed by atoms with Crippen LogP contribution in [0.2, 0.25) is 0 Å². The van der Waals surface area contributed by atoms with Crippen molar-refractivity contribution in [2.75, 3.05) is 0 Å². The van der Waals surface area contributed by atoms with Crippen LogP contribution in [0.5, 0.6) is 0 Å². The second kappa shape index (κ2) is 8.16. The number of nitrogens with zero attached hydrogens (tertiary/aromatic N) is 1. The van der Waals surface area contributed by atoms with Gasteiger partial charge in [-0.15, -0.1) is 0 Å². The highest BCUT2D eigenvalue weighted by Crippen LogP contribution is 2.45. The van der Waals surface area contributed by atoms with Crippen LogP contribution in [0.1, 0.15) is 45.6 Å². The van der Waals surface area contributed by atoms with E-state index < -0.39 is 34.9 Å². The molecular weight excluding hydrogens is 373 g/mol. The van der Waals surface area contributed by atoms with Crippen molar-refractivity contribution in [1.82, 2.24) is 10.2 Å². The predicted molar refractivity (Wildman–Crippen MR) is 96.8 cm³/mol. The summed E-state index contributed by atoms with van der Waals surface area (Å²) in [6.07, 6.45) is -4.35. The number of carbonyl (C=O) groups is 3. The third-order valence-corrected chi connectivity index (χ3v) is 4.75. The minimum atomic E-state index is -5.17. The van der Waals surface area contributed by atoms with Gasteiger partial charge in [-0.3, -0.25) is 14.4 Å². The van der Waals surface area contributed by atoms with Gasteiger partial charge in [0.2, 0.25) is 11.4 Å². The molecule has 0 spiro atoms. The zero-order valence-corrected chi connectivity index (χ0v) is 16.0. The fraction of sp³-hybridized carbons (Fsp3) is 0.450. The number of amides is 2. The molecule has 1 N–H and O–H groups in total. The highest BCUT2D eigenvalue weighted by Gasteiger charge is 2.69. The number of carbonyl (C=O) groups excluding carboxylic acids is 3. The summed E-state index contributed by atoms with van der Waals surface area (Å²) in [5, 5.41) is 1.86. The van der Waals surface area contributed by atoms with Crippen LogP contribution < -0.4 is 5.32 Å². The molecule has 0 aromatic heterocycles. The summed E-state index contributed by atoms with van der Waals surface area (Å²) < 4.78 is 42.6. The second-order valence-corrected chi connectivity index (χ2v) is 6.79. The van der Waals surface area contributed by atoms with E-state index in [9.17, 15) is 27.6 Å². The Morgan fingerprint density at radius 2 is 1.79 bits per heavy atom. The lowest BCUT2D eigenvalue weighted by Crippen LogP contribution is -2.66. The van der Waals surface area contributed by atoms with Gasteiger partial charge in [0, 0.05) is 12.1 Å². The van der Waals surface area contributed by atoms with Gasteiger partial charge < -0.3 is 10.2 Å². The first-order valence-electron chi connectivity index (χ1n) is 9.02. The summed E-state index contributed by atoms with van der Waals surface area (Å²) in [6.45, 7) is 3.92. The van der Waals surface area contributed by atoms with Crippen LogP contribution in [0.4, 0.5) is 13.2 Å². The molecule has 0 saturated heterocycles. The molecule has 1 heterocycles. The lowest BCUT2D eigenvalue weighted by Gasteiger charge is -2.33. The smallest absolute Gasteiger partial charge is 0.330 e. The Balaban J connectivity index is 2.55. The van der Waals surface area contributed by atoms with Crippen LogP contribution in [0.3, 0.4) is 0 Å². The summed E-state index contributed by atoms with van der Waals surface area (Å²) in [5.41, 5.74) is -3.59. The summed E-state index contributed by atoms with van der Waals surface area (Å²) in [7, 11) is 0. The molecule has 0 radical (unpaired) electrons. The van der Waals surface area contributed by atoms with Crippen molar-refractivity contribution >= 4 is 17.6 Å². The van der Waals surface area contributed by atoms with Gasteiger partial charge in [0.05, 0.1) is 12.1 Å². The van der Waals surface area contributed by atoms with Crippen LogP contribution >= 0.6 is 0 Å². The molecule has 8 heteroatoms. The standard InChI is InChI=1S/C20H23F3N2O3/c1-4-5-11-16(27)24-19(20(21,22)23)17(14(3)26)13(2)25(18(19)28)12-15-9-7-6-8-10-15/h6-10H,4-5,11-12H2,1-3H3,(H,24,27). The van der Waals surface area contributed by atoms with Crippen LogP contribution in [-0.4, -0.2) is 34.2 Å². The minimum Gasteiger partial charge on any atom is -0.330 e. The molecule has 0 bridgehead atoms. The van der Waals surface area contributed by atoms with Gasteiger partial charge in [0.1, 0.15) is 0 Å². The molecule has 2 rings (SSSR count). The van der Waals surface area contributed by atoms with Gasteiger partial charge in [-0.2, -0.15) is 13.2 Å². The molecule has 1 aliphatic heterocycles. The first kappa shape index (κ1) is 21.7. The maximum Gasteiger partial charge on any atom is 0.425 e. The fourth-order valence-corrected chi connectivity index (χ4v) is 3.40. The Kier molecular flexibility index (Phi) is 6.31. The molecule has 5 nitrogen and oxygen atoms in total. The van der Waals surface area contributed by atoms with Crippen LogP contribution in [-0.2, 0) is 20.9 Å². The maximum absolute atomic E-state index is 14.2. The maximum atomic E-state index is 14.2. The molecule has 0 aliphatic carbocycles. The molecule has 28 heavy (non-hydrogen) atoms. The third-order valence-electron chi connectivity index (χ3n) is 4.75. The number of ketones is 1. The zero-order chi connectivity index (χ0) is 21.1. The van der Waals surface area contributed by atoms with E-state index in [1.807, 2.05) is 5.32 Å². The monoisotopic (exact) mass is 396 g/mol. The van der Waals surface area contributed by atoms with Crippen molar-refractivity contribution < 1.29 is 27.6 Å². The molecule has 1 aliphatic rings. The quantitative estimate of drug-likeness (QED) is 0.767. The van der Waals surface area contributed by atoms with Crippen LogP contribution in [0.15, 0.2) is 41.6 Å². The van der Waals surface area contributed by atoms with E-state index in [4.69, 9.17) is 0 Å². The molecule has 0 saturated carbocycles. The molecule has 0 fully saturated rings. The molecule has 1 atom stereocenters. The predicted octanol–water partition coefficient (Wildman–Crippen LogP) is 3.50. The highest BCUT2D eigenvalue weighted by molar-refractivity contribution is 6.11. The Morgan fingerprint density at radius 1 is 1.18 bits per heavy atom. The van der Waals surface area contributed by atoms with Crippen LogP contribution in [0, 0.1) is 0 Å². The molecule has 2 amide bonds. The summed E-state index contributed by atoms with van der Waals surface area (Å²) in [4.78, 5) is 38.3. The van der Waals surface area contributed by atoms with E-state index in [0.717, 1.165) is 11.8 Å². The summed E-state index contributed by atoms with van der Waals surface area (Å²) in [6, 6.07) is 8.48. The Hall–Kier alpha value is -2.64. The van der Waals surface area contributed by atoms with Gasteiger partial charge in [-0.1, -0.05) is 43.7 Å². The van der Waals surface area contributed by atoms with Gasteiger partial charge in [0.25, 0.3) is 5.91 Å². The number of hydrogen-bond donors (Lipinski definition) is 1. The molecule has 1 aromatic carbocycles. The van der Waals surface area contributed by atoms with Crippen molar-refractivity contribution in [2.24, 2.45) is 0 Å². The number of rotatable bonds is 7. The number of hydrogen-bond acceptors (Lipinski definition) is 3. The number of unbranched alkanes of at least 4 members (excludes halogenated alkanes) is 1. The molecule has 1 unspecified atom stereocenters. The van der Waals surface area contributed by atoms with Crippen molar-refractivity contribution in [3.8, 4) is 0 Å². The number of nitrogens with one attached hydrogen (secondary N) is 1. The Bertz CT molecular complexity index is 803. The van der Waals surface area contributed by atoms with Gasteiger partial charge >= 0.3 is 6.18 Å². The zero-order valence-electron chi connectivity index (χ0n) is 16.0. The molecule has 152 valence electrons. The van der Waals surface area contributed by atoms with E-state index in [2.05, 4.69) is 0 Å². The number of alkyl halides is 3. The number of Topliss-reactive ketones (excluding diaryl/α,β-unsaturated/α-hetero) is 1. The summed E-state index contributed by atoms with van der Waals surface area (Å²) in [5.74, 6) is -3.19. The first-order chi connectivity index (χ1) is 13.1. The van der Waals surface area contributed by atoms with Crippen molar-refractivity contribution in [3.63, 3.8) is 0 Å². The summed E-state index contributed by atoms with van der Waals surface area (Å²) >= 11 is 0. The average Bonchev–Trinajstić information content (AvgIpc) is 2.82. The van der Waals surface area contributed by atoms with Crippen molar-refractivity contribution in [2.45, 2.75) is 58.3 Å². The third kappa shape index (κ3) is 3.81. The average molecular weight is 396 g/mol. The van der Waals surface area contributed by atoms with Crippen LogP contribution in [0.25, 0.3) is 0 Å². The van der Waals surface area contributed by atoms with Crippen molar-refractivity contribution in [1.29, 1.82) is 0 Å². The fourth-order valence-electron chi connectivity index (χ4n) is 3.40.